The first kappa shape index (κ1) is 14.8. The van der Waals surface area contributed by atoms with Crippen molar-refractivity contribution < 1.29 is 18.3 Å². The van der Waals surface area contributed by atoms with Crippen molar-refractivity contribution in [3.8, 4) is 5.75 Å². The number of ether oxygens (including phenoxy) is 1. The van der Waals surface area contributed by atoms with E-state index in [2.05, 4.69) is 5.32 Å². The molecule has 4 nitrogen and oxygen atoms in total. The number of aryl methyl sites for hydroxylation is 1. The van der Waals surface area contributed by atoms with Crippen molar-refractivity contribution in [3.05, 3.63) is 53.6 Å². The van der Waals surface area contributed by atoms with Crippen molar-refractivity contribution in [2.24, 2.45) is 0 Å². The summed E-state index contributed by atoms with van der Waals surface area (Å²) in [5, 5.41) is 2.54. The molecule has 3 N–H and O–H groups in total. The van der Waals surface area contributed by atoms with Crippen molar-refractivity contribution in [1.82, 2.24) is 0 Å². The number of nitrogen functional groups attached to an aromatic ring is 1. The summed E-state index contributed by atoms with van der Waals surface area (Å²) in [6, 6.07) is 8.66. The Labute approximate surface area is 120 Å². The van der Waals surface area contributed by atoms with Gasteiger partial charge in [0.2, 0.25) is 5.82 Å². The van der Waals surface area contributed by atoms with E-state index in [0.717, 1.165) is 11.6 Å². The van der Waals surface area contributed by atoms with Gasteiger partial charge in [-0.3, -0.25) is 4.79 Å². The number of benzene rings is 2. The summed E-state index contributed by atoms with van der Waals surface area (Å²) in [6.45, 7) is 1.42. The van der Waals surface area contributed by atoms with E-state index < -0.39 is 24.1 Å². The third-order valence-corrected chi connectivity index (χ3v) is 2.76. The van der Waals surface area contributed by atoms with Crippen LogP contribution in [0, 0.1) is 18.6 Å². The van der Waals surface area contributed by atoms with Crippen LogP contribution in [0.5, 0.6) is 5.75 Å². The van der Waals surface area contributed by atoms with Crippen LogP contribution in [0.2, 0.25) is 0 Å². The number of anilines is 2. The first-order valence-corrected chi connectivity index (χ1v) is 6.20. The molecule has 21 heavy (non-hydrogen) atoms. The van der Waals surface area contributed by atoms with Crippen molar-refractivity contribution in [2.45, 2.75) is 6.92 Å². The highest BCUT2D eigenvalue weighted by Crippen LogP contribution is 2.21. The van der Waals surface area contributed by atoms with Gasteiger partial charge in [0, 0.05) is 0 Å². The molecule has 0 aliphatic carbocycles. The van der Waals surface area contributed by atoms with Crippen LogP contribution in [-0.4, -0.2) is 12.5 Å². The van der Waals surface area contributed by atoms with Gasteiger partial charge in [0.15, 0.2) is 18.2 Å². The fourth-order valence-electron chi connectivity index (χ4n) is 1.72. The number of hydrogen-bond donors (Lipinski definition) is 2. The number of carbonyl (C=O) groups is 1. The van der Waals surface area contributed by atoms with Crippen LogP contribution in [0.15, 0.2) is 36.4 Å². The number of amides is 1. The summed E-state index contributed by atoms with van der Waals surface area (Å²) in [5.74, 6) is -2.99. The number of carbonyl (C=O) groups excluding carboxylic acids is 1. The SMILES string of the molecule is Cc1ccc(NC(=O)COc2cccc(F)c2F)c(N)c1. The minimum Gasteiger partial charge on any atom is -0.481 e. The van der Waals surface area contributed by atoms with Gasteiger partial charge < -0.3 is 15.8 Å². The molecule has 0 fully saturated rings. The summed E-state index contributed by atoms with van der Waals surface area (Å²) in [6.07, 6.45) is 0. The smallest absolute Gasteiger partial charge is 0.262 e. The lowest BCUT2D eigenvalue weighted by Crippen LogP contribution is -2.21. The van der Waals surface area contributed by atoms with Crippen LogP contribution in [-0.2, 0) is 4.79 Å². The van der Waals surface area contributed by atoms with E-state index in [-0.39, 0.29) is 5.75 Å². The molecule has 0 aliphatic rings. The fraction of sp³-hybridized carbons (Fsp3) is 0.133. The topological polar surface area (TPSA) is 64.3 Å². The first-order valence-electron chi connectivity index (χ1n) is 6.20. The van der Waals surface area contributed by atoms with Gasteiger partial charge >= 0.3 is 0 Å². The molecule has 0 atom stereocenters. The zero-order valence-corrected chi connectivity index (χ0v) is 11.3. The lowest BCUT2D eigenvalue weighted by molar-refractivity contribution is -0.118. The normalized spacial score (nSPS) is 10.2. The second kappa shape index (κ2) is 6.21. The number of rotatable bonds is 4. The fourth-order valence-corrected chi connectivity index (χ4v) is 1.72. The predicted molar refractivity (Wildman–Crippen MR) is 76.1 cm³/mol. The van der Waals surface area contributed by atoms with Crippen LogP contribution in [0.1, 0.15) is 5.56 Å². The Hall–Kier alpha value is -2.63. The van der Waals surface area contributed by atoms with Crippen molar-refractivity contribution in [2.75, 3.05) is 17.7 Å². The molecule has 0 spiro atoms. The Bertz CT molecular complexity index is 675. The molecular formula is C15H14F2N2O2. The number of nitrogens with two attached hydrogens (primary N) is 1. The number of nitrogens with one attached hydrogen (secondary N) is 1. The Morgan fingerprint density at radius 2 is 2.05 bits per heavy atom. The third-order valence-electron chi connectivity index (χ3n) is 2.76. The zero-order valence-electron chi connectivity index (χ0n) is 11.3. The molecule has 0 aromatic heterocycles. The minimum absolute atomic E-state index is 0.318. The van der Waals surface area contributed by atoms with E-state index in [4.69, 9.17) is 10.5 Å². The number of hydrogen-bond acceptors (Lipinski definition) is 3. The summed E-state index contributed by atoms with van der Waals surface area (Å²) in [5.41, 5.74) is 7.57. The average molecular weight is 292 g/mol. The van der Waals surface area contributed by atoms with Gasteiger partial charge in [-0.1, -0.05) is 12.1 Å². The lowest BCUT2D eigenvalue weighted by Gasteiger charge is -2.10. The zero-order chi connectivity index (χ0) is 15.4. The Balaban J connectivity index is 1.97. The summed E-state index contributed by atoms with van der Waals surface area (Å²) in [7, 11) is 0. The molecule has 0 unspecified atom stereocenters. The molecule has 0 heterocycles. The molecule has 0 saturated heterocycles. The Kier molecular flexibility index (Phi) is 4.37. The van der Waals surface area contributed by atoms with Crippen LogP contribution in [0.25, 0.3) is 0 Å². The molecular weight excluding hydrogens is 278 g/mol. The Morgan fingerprint density at radius 3 is 2.76 bits per heavy atom. The largest absolute Gasteiger partial charge is 0.481 e. The van der Waals surface area contributed by atoms with Gasteiger partial charge in [0.05, 0.1) is 11.4 Å². The second-order valence-corrected chi connectivity index (χ2v) is 4.48. The van der Waals surface area contributed by atoms with Crippen LogP contribution >= 0.6 is 0 Å². The maximum Gasteiger partial charge on any atom is 0.262 e. The van der Waals surface area contributed by atoms with E-state index in [1.807, 2.05) is 6.92 Å². The van der Waals surface area contributed by atoms with Crippen LogP contribution < -0.4 is 15.8 Å². The predicted octanol–water partition coefficient (Wildman–Crippen LogP) is 2.87. The van der Waals surface area contributed by atoms with E-state index in [0.29, 0.717) is 11.4 Å². The quantitative estimate of drug-likeness (QED) is 0.852. The summed E-state index contributed by atoms with van der Waals surface area (Å²) < 4.78 is 31.3. The highest BCUT2D eigenvalue weighted by molar-refractivity contribution is 5.94. The molecule has 2 aromatic carbocycles. The van der Waals surface area contributed by atoms with E-state index in [9.17, 15) is 13.6 Å². The highest BCUT2D eigenvalue weighted by Gasteiger charge is 2.11. The molecule has 2 aromatic rings. The molecule has 2 rings (SSSR count). The van der Waals surface area contributed by atoms with E-state index in [1.54, 1.807) is 18.2 Å². The second-order valence-electron chi connectivity index (χ2n) is 4.48. The molecule has 110 valence electrons. The Morgan fingerprint density at radius 1 is 1.29 bits per heavy atom. The van der Waals surface area contributed by atoms with E-state index >= 15 is 0 Å². The minimum atomic E-state index is -1.12. The highest BCUT2D eigenvalue weighted by atomic mass is 19.2. The van der Waals surface area contributed by atoms with Crippen molar-refractivity contribution in [3.63, 3.8) is 0 Å². The summed E-state index contributed by atoms with van der Waals surface area (Å²) in [4.78, 5) is 11.7. The van der Waals surface area contributed by atoms with Gasteiger partial charge in [0.1, 0.15) is 0 Å². The lowest BCUT2D eigenvalue weighted by atomic mass is 10.2. The molecule has 0 bridgehead atoms. The summed E-state index contributed by atoms with van der Waals surface area (Å²) >= 11 is 0. The van der Waals surface area contributed by atoms with Gasteiger partial charge in [-0.15, -0.1) is 0 Å². The van der Waals surface area contributed by atoms with E-state index in [1.165, 1.54) is 12.1 Å². The van der Waals surface area contributed by atoms with Gasteiger partial charge in [0.25, 0.3) is 5.91 Å². The standard InChI is InChI=1S/C15H14F2N2O2/c1-9-5-6-12(11(18)7-9)19-14(20)8-21-13-4-2-3-10(16)15(13)17/h2-7H,8,18H2,1H3,(H,19,20). The van der Waals surface area contributed by atoms with Crippen molar-refractivity contribution >= 4 is 17.3 Å². The molecule has 0 radical (unpaired) electrons. The van der Waals surface area contributed by atoms with Gasteiger partial charge in [-0.05, 0) is 36.8 Å². The first-order chi connectivity index (χ1) is 9.97. The van der Waals surface area contributed by atoms with Crippen LogP contribution in [0.4, 0.5) is 20.2 Å². The molecule has 0 saturated carbocycles. The molecule has 1 amide bonds. The van der Waals surface area contributed by atoms with Crippen LogP contribution in [0.3, 0.4) is 0 Å². The maximum absolute atomic E-state index is 13.3. The van der Waals surface area contributed by atoms with Crippen molar-refractivity contribution in [1.29, 1.82) is 0 Å². The van der Waals surface area contributed by atoms with Gasteiger partial charge in [-0.25, -0.2) is 4.39 Å². The maximum atomic E-state index is 13.3. The molecule has 6 heteroatoms. The third kappa shape index (κ3) is 3.68. The van der Waals surface area contributed by atoms with Gasteiger partial charge in [-0.2, -0.15) is 4.39 Å². The monoisotopic (exact) mass is 292 g/mol. The number of halogens is 2. The average Bonchev–Trinajstić information content (AvgIpc) is 2.43. The molecule has 0 aliphatic heterocycles.